The Kier molecular flexibility index (Phi) is 5.73. The van der Waals surface area contributed by atoms with Gasteiger partial charge in [0.15, 0.2) is 0 Å². The number of amides is 1. The molecule has 1 fully saturated rings. The van der Waals surface area contributed by atoms with Gasteiger partial charge in [0.1, 0.15) is 17.2 Å². The van der Waals surface area contributed by atoms with Crippen LogP contribution in [0.4, 0.5) is 10.1 Å². The van der Waals surface area contributed by atoms with Crippen molar-refractivity contribution in [2.75, 3.05) is 44.2 Å². The Labute approximate surface area is 168 Å². The van der Waals surface area contributed by atoms with Gasteiger partial charge in [0.2, 0.25) is 0 Å². The normalized spacial score (nSPS) is 15.0. The highest BCUT2D eigenvalue weighted by Crippen LogP contribution is 2.16. The first kappa shape index (κ1) is 19.4. The molecule has 1 amide bonds. The number of carbonyl (C=O) groups excluding carboxylic acids is 1. The third-order valence-corrected chi connectivity index (χ3v) is 5.26. The first-order chi connectivity index (χ1) is 14.1. The summed E-state index contributed by atoms with van der Waals surface area (Å²) in [6.07, 6.45) is 3.62. The Morgan fingerprint density at radius 2 is 1.83 bits per heavy atom. The van der Waals surface area contributed by atoms with Crippen LogP contribution in [-0.2, 0) is 6.54 Å². The van der Waals surface area contributed by atoms with Crippen LogP contribution >= 0.6 is 0 Å². The molecule has 2 aromatic heterocycles. The molecule has 29 heavy (non-hydrogen) atoms. The molecule has 0 unspecified atom stereocenters. The van der Waals surface area contributed by atoms with E-state index < -0.39 is 0 Å². The third kappa shape index (κ3) is 4.55. The van der Waals surface area contributed by atoms with Gasteiger partial charge in [0, 0.05) is 63.9 Å². The lowest BCUT2D eigenvalue weighted by molar-refractivity contribution is 0.0943. The van der Waals surface area contributed by atoms with E-state index in [1.807, 2.05) is 34.9 Å². The van der Waals surface area contributed by atoms with Gasteiger partial charge >= 0.3 is 0 Å². The molecule has 7 nitrogen and oxygen atoms in total. The molecule has 3 heterocycles. The number of anilines is 1. The second-order valence-corrected chi connectivity index (χ2v) is 7.19. The van der Waals surface area contributed by atoms with E-state index in [0.717, 1.165) is 49.6 Å². The van der Waals surface area contributed by atoms with Crippen molar-refractivity contribution in [3.63, 3.8) is 0 Å². The number of nitrogens with one attached hydrogen (secondary N) is 1. The monoisotopic (exact) mass is 396 g/mol. The molecule has 1 aliphatic heterocycles. The lowest BCUT2D eigenvalue weighted by Gasteiger charge is -2.36. The van der Waals surface area contributed by atoms with Crippen LogP contribution in [-0.4, -0.2) is 59.5 Å². The van der Waals surface area contributed by atoms with E-state index in [2.05, 4.69) is 20.1 Å². The highest BCUT2D eigenvalue weighted by atomic mass is 19.1. The Morgan fingerprint density at radius 3 is 2.55 bits per heavy atom. The number of hydrogen-bond acceptors (Lipinski definition) is 5. The third-order valence-electron chi connectivity index (χ3n) is 5.26. The standard InChI is InChI=1S/C21H25FN6O/c22-17-2-4-18(5-3-17)27-11-9-26(10-12-27)8-7-24-21(29)19-15-28-14-16(13-23)1-6-20(28)25-19/h1-6,14-15H,7-13,23H2,(H,24,29). The largest absolute Gasteiger partial charge is 0.369 e. The number of carbonyl (C=O) groups is 1. The number of pyridine rings is 1. The first-order valence-electron chi connectivity index (χ1n) is 9.81. The zero-order chi connectivity index (χ0) is 20.2. The van der Waals surface area contributed by atoms with Crippen molar-refractivity contribution in [2.24, 2.45) is 5.73 Å². The number of benzene rings is 1. The van der Waals surface area contributed by atoms with Crippen molar-refractivity contribution in [3.05, 3.63) is 65.9 Å². The van der Waals surface area contributed by atoms with E-state index in [4.69, 9.17) is 5.73 Å². The maximum Gasteiger partial charge on any atom is 0.271 e. The van der Waals surface area contributed by atoms with E-state index in [9.17, 15) is 9.18 Å². The number of nitrogens with two attached hydrogens (primary N) is 1. The number of hydrogen-bond donors (Lipinski definition) is 2. The van der Waals surface area contributed by atoms with E-state index in [0.29, 0.717) is 18.8 Å². The summed E-state index contributed by atoms with van der Waals surface area (Å²) in [5.74, 6) is -0.387. The van der Waals surface area contributed by atoms with Gasteiger partial charge in [-0.2, -0.15) is 0 Å². The average Bonchev–Trinajstić information content (AvgIpc) is 3.18. The van der Waals surface area contributed by atoms with Crippen LogP contribution in [0.3, 0.4) is 0 Å². The minimum atomic E-state index is -0.214. The van der Waals surface area contributed by atoms with Gasteiger partial charge in [-0.3, -0.25) is 9.69 Å². The molecule has 3 N–H and O–H groups in total. The Hall–Kier alpha value is -2.97. The quantitative estimate of drug-likeness (QED) is 0.660. The predicted molar refractivity (Wildman–Crippen MR) is 110 cm³/mol. The van der Waals surface area contributed by atoms with E-state index >= 15 is 0 Å². The van der Waals surface area contributed by atoms with Gasteiger partial charge in [-0.25, -0.2) is 9.37 Å². The van der Waals surface area contributed by atoms with Crippen LogP contribution < -0.4 is 16.0 Å². The molecule has 0 radical (unpaired) electrons. The zero-order valence-corrected chi connectivity index (χ0v) is 16.2. The SMILES string of the molecule is NCc1ccc2nc(C(=O)NCCN3CCN(c4ccc(F)cc4)CC3)cn2c1. The number of imidazole rings is 1. The summed E-state index contributed by atoms with van der Waals surface area (Å²) in [7, 11) is 0. The van der Waals surface area contributed by atoms with Crippen molar-refractivity contribution in [1.82, 2.24) is 19.6 Å². The Bertz CT molecular complexity index is 979. The highest BCUT2D eigenvalue weighted by molar-refractivity contribution is 5.92. The topological polar surface area (TPSA) is 78.9 Å². The minimum absolute atomic E-state index is 0.173. The van der Waals surface area contributed by atoms with Crippen molar-refractivity contribution < 1.29 is 9.18 Å². The van der Waals surface area contributed by atoms with Gasteiger partial charge in [-0.05, 0) is 35.9 Å². The summed E-state index contributed by atoms with van der Waals surface area (Å²) in [6, 6.07) is 10.4. The van der Waals surface area contributed by atoms with Crippen molar-refractivity contribution >= 4 is 17.2 Å². The Morgan fingerprint density at radius 1 is 1.07 bits per heavy atom. The van der Waals surface area contributed by atoms with Gasteiger partial charge < -0.3 is 20.4 Å². The molecule has 0 bridgehead atoms. The van der Waals surface area contributed by atoms with E-state index in [1.165, 1.54) is 12.1 Å². The fourth-order valence-electron chi connectivity index (χ4n) is 3.57. The molecule has 0 atom stereocenters. The van der Waals surface area contributed by atoms with Gasteiger partial charge in [0.25, 0.3) is 5.91 Å². The van der Waals surface area contributed by atoms with Crippen LogP contribution in [0.15, 0.2) is 48.8 Å². The summed E-state index contributed by atoms with van der Waals surface area (Å²) < 4.78 is 14.9. The fourth-order valence-corrected chi connectivity index (χ4v) is 3.57. The number of halogens is 1. The number of piperazine rings is 1. The average molecular weight is 396 g/mol. The summed E-state index contributed by atoms with van der Waals surface area (Å²) >= 11 is 0. The number of nitrogens with zero attached hydrogens (tertiary/aromatic N) is 4. The maximum absolute atomic E-state index is 13.1. The first-order valence-corrected chi connectivity index (χ1v) is 9.81. The van der Waals surface area contributed by atoms with Crippen LogP contribution in [0.2, 0.25) is 0 Å². The molecule has 0 spiro atoms. The summed E-state index contributed by atoms with van der Waals surface area (Å²) in [4.78, 5) is 21.3. The van der Waals surface area contributed by atoms with Crippen molar-refractivity contribution in [1.29, 1.82) is 0 Å². The smallest absolute Gasteiger partial charge is 0.271 e. The van der Waals surface area contributed by atoms with Crippen LogP contribution in [0, 0.1) is 5.82 Å². The molecule has 1 saturated heterocycles. The van der Waals surface area contributed by atoms with Crippen LogP contribution in [0.5, 0.6) is 0 Å². The fraction of sp³-hybridized carbons (Fsp3) is 0.333. The number of rotatable bonds is 6. The molecule has 0 saturated carbocycles. The number of aromatic nitrogens is 2. The van der Waals surface area contributed by atoms with Crippen molar-refractivity contribution in [2.45, 2.75) is 6.54 Å². The summed E-state index contributed by atoms with van der Waals surface area (Å²) in [6.45, 7) is 5.38. The minimum Gasteiger partial charge on any atom is -0.369 e. The zero-order valence-electron chi connectivity index (χ0n) is 16.2. The lowest BCUT2D eigenvalue weighted by Crippen LogP contribution is -2.48. The van der Waals surface area contributed by atoms with Gasteiger partial charge in [-0.15, -0.1) is 0 Å². The second-order valence-electron chi connectivity index (χ2n) is 7.19. The molecular weight excluding hydrogens is 371 g/mol. The molecule has 152 valence electrons. The maximum atomic E-state index is 13.1. The lowest BCUT2D eigenvalue weighted by atomic mass is 10.2. The highest BCUT2D eigenvalue weighted by Gasteiger charge is 2.17. The molecule has 0 aliphatic carbocycles. The summed E-state index contributed by atoms with van der Waals surface area (Å²) in [5.41, 5.74) is 8.82. The predicted octanol–water partition coefficient (Wildman–Crippen LogP) is 1.48. The molecule has 1 aromatic carbocycles. The van der Waals surface area contributed by atoms with Crippen molar-refractivity contribution in [3.8, 4) is 0 Å². The molecule has 8 heteroatoms. The molecule has 4 rings (SSSR count). The second kappa shape index (κ2) is 8.59. The molecule has 3 aromatic rings. The van der Waals surface area contributed by atoms with Crippen LogP contribution in [0.1, 0.15) is 16.1 Å². The van der Waals surface area contributed by atoms with E-state index in [1.54, 1.807) is 6.20 Å². The summed E-state index contributed by atoms with van der Waals surface area (Å²) in [5, 5.41) is 2.95. The molecular formula is C21H25FN6O. The van der Waals surface area contributed by atoms with E-state index in [-0.39, 0.29) is 11.7 Å². The number of fused-ring (bicyclic) bond motifs is 1. The van der Waals surface area contributed by atoms with Crippen LogP contribution in [0.25, 0.3) is 5.65 Å². The molecule has 1 aliphatic rings. The van der Waals surface area contributed by atoms with Gasteiger partial charge in [-0.1, -0.05) is 6.07 Å². The Balaban J connectivity index is 1.24. The van der Waals surface area contributed by atoms with Gasteiger partial charge in [0.05, 0.1) is 0 Å².